The van der Waals surface area contributed by atoms with E-state index in [9.17, 15) is 4.79 Å². The molecule has 5 heteroatoms. The van der Waals surface area contributed by atoms with Crippen LogP contribution < -0.4 is 11.1 Å². The summed E-state index contributed by atoms with van der Waals surface area (Å²) in [7, 11) is 0. The molecule has 2 saturated carbocycles. The van der Waals surface area contributed by atoms with Crippen LogP contribution in [0.5, 0.6) is 0 Å². The molecule has 2 atom stereocenters. The summed E-state index contributed by atoms with van der Waals surface area (Å²) in [5.41, 5.74) is 5.65. The first-order valence-corrected chi connectivity index (χ1v) is 9.36. The molecule has 2 rings (SSSR count). The molecule has 2 fully saturated rings. The number of carbonyl (C=O) groups is 1. The SMILES string of the molecule is CCOC1CC(N)(C(=O)NCC2(CC(C)C)CCCC2)C1(C)C.Cl. The minimum absolute atomic E-state index is 0. The first kappa shape index (κ1) is 21.7. The largest absolute Gasteiger partial charge is 0.378 e. The van der Waals surface area contributed by atoms with Crippen LogP contribution >= 0.6 is 12.4 Å². The number of nitrogens with two attached hydrogens (primary N) is 1. The molecule has 4 nitrogen and oxygen atoms in total. The molecular weight excluding hydrogens is 324 g/mol. The molecule has 0 aromatic carbocycles. The molecule has 0 aromatic heterocycles. The first-order valence-electron chi connectivity index (χ1n) is 9.36. The zero-order chi connectivity index (χ0) is 17.3. The summed E-state index contributed by atoms with van der Waals surface area (Å²) in [6.07, 6.45) is 6.93. The van der Waals surface area contributed by atoms with Crippen molar-refractivity contribution >= 4 is 18.3 Å². The Bertz CT molecular complexity index is 433. The Morgan fingerprint density at radius 1 is 1.29 bits per heavy atom. The van der Waals surface area contributed by atoms with Gasteiger partial charge in [-0.1, -0.05) is 40.5 Å². The van der Waals surface area contributed by atoms with Crippen LogP contribution in [-0.4, -0.2) is 30.7 Å². The van der Waals surface area contributed by atoms with Gasteiger partial charge in [0.05, 0.1) is 6.10 Å². The fraction of sp³-hybridized carbons (Fsp3) is 0.947. The zero-order valence-electron chi connectivity index (χ0n) is 16.1. The van der Waals surface area contributed by atoms with Crippen LogP contribution in [0.15, 0.2) is 0 Å². The highest BCUT2D eigenvalue weighted by atomic mass is 35.5. The van der Waals surface area contributed by atoms with E-state index in [0.29, 0.717) is 18.9 Å². The van der Waals surface area contributed by atoms with E-state index in [-0.39, 0.29) is 35.2 Å². The standard InChI is InChI=1S/C19H36N2O2.ClH/c1-6-23-15-12-19(20,17(15,4)5)16(22)21-13-18(11-14(2)3)9-7-8-10-18;/h14-15H,6-13,20H2,1-5H3,(H,21,22);1H. The van der Waals surface area contributed by atoms with Crippen molar-refractivity contribution in [1.29, 1.82) is 0 Å². The topological polar surface area (TPSA) is 64.3 Å². The quantitative estimate of drug-likeness (QED) is 0.728. The third-order valence-corrected chi connectivity index (χ3v) is 6.36. The van der Waals surface area contributed by atoms with E-state index in [1.807, 2.05) is 6.92 Å². The molecule has 24 heavy (non-hydrogen) atoms. The van der Waals surface area contributed by atoms with Crippen molar-refractivity contribution in [2.24, 2.45) is 22.5 Å². The van der Waals surface area contributed by atoms with Gasteiger partial charge in [0.15, 0.2) is 0 Å². The Hall–Kier alpha value is -0.320. The summed E-state index contributed by atoms with van der Waals surface area (Å²) < 4.78 is 5.73. The number of hydrogen-bond donors (Lipinski definition) is 2. The van der Waals surface area contributed by atoms with E-state index in [2.05, 4.69) is 33.0 Å². The van der Waals surface area contributed by atoms with Crippen molar-refractivity contribution in [1.82, 2.24) is 5.32 Å². The molecule has 0 aromatic rings. The fourth-order valence-corrected chi connectivity index (χ4v) is 4.69. The summed E-state index contributed by atoms with van der Waals surface area (Å²) in [6.45, 7) is 12.1. The van der Waals surface area contributed by atoms with E-state index in [0.717, 1.165) is 6.54 Å². The molecule has 0 aliphatic heterocycles. The first-order chi connectivity index (χ1) is 10.7. The van der Waals surface area contributed by atoms with Crippen LogP contribution in [0.2, 0.25) is 0 Å². The van der Waals surface area contributed by atoms with Gasteiger partial charge in [-0.2, -0.15) is 0 Å². The summed E-state index contributed by atoms with van der Waals surface area (Å²) in [6, 6.07) is 0. The number of halogens is 1. The van der Waals surface area contributed by atoms with Gasteiger partial charge in [-0.25, -0.2) is 0 Å². The number of amides is 1. The summed E-state index contributed by atoms with van der Waals surface area (Å²) in [5, 5.41) is 3.21. The normalized spacial score (nSPS) is 30.5. The number of nitrogens with one attached hydrogen (secondary N) is 1. The van der Waals surface area contributed by atoms with Gasteiger partial charge in [0, 0.05) is 25.0 Å². The lowest BCUT2D eigenvalue weighted by Crippen LogP contribution is -2.76. The average molecular weight is 361 g/mol. The predicted octanol–water partition coefficient (Wildman–Crippen LogP) is 3.66. The van der Waals surface area contributed by atoms with Gasteiger partial charge in [-0.05, 0) is 37.5 Å². The van der Waals surface area contributed by atoms with Gasteiger partial charge in [0.25, 0.3) is 0 Å². The van der Waals surface area contributed by atoms with Crippen LogP contribution in [-0.2, 0) is 9.53 Å². The van der Waals surface area contributed by atoms with E-state index in [4.69, 9.17) is 10.5 Å². The highest BCUT2D eigenvalue weighted by Gasteiger charge is 2.62. The fourth-order valence-electron chi connectivity index (χ4n) is 4.69. The maximum absolute atomic E-state index is 12.8. The minimum atomic E-state index is -0.801. The lowest BCUT2D eigenvalue weighted by atomic mass is 9.54. The molecule has 0 radical (unpaired) electrons. The van der Waals surface area contributed by atoms with Crippen molar-refractivity contribution in [2.45, 2.75) is 84.8 Å². The minimum Gasteiger partial charge on any atom is -0.378 e. The summed E-state index contributed by atoms with van der Waals surface area (Å²) in [4.78, 5) is 12.8. The Balaban J connectivity index is 0.00000288. The predicted molar refractivity (Wildman–Crippen MR) is 101 cm³/mol. The van der Waals surface area contributed by atoms with Crippen LogP contribution in [0.25, 0.3) is 0 Å². The van der Waals surface area contributed by atoms with Crippen molar-refractivity contribution < 1.29 is 9.53 Å². The molecule has 2 unspecified atom stereocenters. The second kappa shape index (κ2) is 7.92. The molecule has 0 heterocycles. The summed E-state index contributed by atoms with van der Waals surface area (Å²) >= 11 is 0. The smallest absolute Gasteiger partial charge is 0.240 e. The van der Waals surface area contributed by atoms with Crippen LogP contribution in [0.1, 0.15) is 73.1 Å². The van der Waals surface area contributed by atoms with E-state index in [1.165, 1.54) is 32.1 Å². The monoisotopic (exact) mass is 360 g/mol. The van der Waals surface area contributed by atoms with Gasteiger partial charge in [0.1, 0.15) is 5.54 Å². The molecule has 0 saturated heterocycles. The molecule has 2 aliphatic rings. The van der Waals surface area contributed by atoms with Crippen molar-refractivity contribution in [3.63, 3.8) is 0 Å². The molecule has 0 bridgehead atoms. The van der Waals surface area contributed by atoms with Crippen LogP contribution in [0, 0.1) is 16.7 Å². The maximum Gasteiger partial charge on any atom is 0.240 e. The number of carbonyl (C=O) groups excluding carboxylic acids is 1. The second-order valence-electron chi connectivity index (χ2n) is 8.83. The highest BCUT2D eigenvalue weighted by molar-refractivity contribution is 5.88. The molecule has 142 valence electrons. The Morgan fingerprint density at radius 3 is 2.33 bits per heavy atom. The third-order valence-electron chi connectivity index (χ3n) is 6.36. The van der Waals surface area contributed by atoms with E-state index in [1.54, 1.807) is 0 Å². The Morgan fingerprint density at radius 2 is 1.88 bits per heavy atom. The number of hydrogen-bond acceptors (Lipinski definition) is 3. The number of rotatable bonds is 7. The molecule has 3 N–H and O–H groups in total. The second-order valence-corrected chi connectivity index (χ2v) is 8.83. The zero-order valence-corrected chi connectivity index (χ0v) is 16.9. The molecule has 2 aliphatic carbocycles. The van der Waals surface area contributed by atoms with Gasteiger partial charge < -0.3 is 15.8 Å². The van der Waals surface area contributed by atoms with Crippen molar-refractivity contribution in [3.8, 4) is 0 Å². The lowest BCUT2D eigenvalue weighted by Gasteiger charge is -2.57. The van der Waals surface area contributed by atoms with Crippen molar-refractivity contribution in [3.05, 3.63) is 0 Å². The molecule has 1 amide bonds. The van der Waals surface area contributed by atoms with Gasteiger partial charge in [-0.3, -0.25) is 4.79 Å². The maximum atomic E-state index is 12.8. The van der Waals surface area contributed by atoms with Gasteiger partial charge in [-0.15, -0.1) is 12.4 Å². The Labute approximate surface area is 154 Å². The lowest BCUT2D eigenvalue weighted by molar-refractivity contribution is -0.171. The van der Waals surface area contributed by atoms with Gasteiger partial charge in [0.2, 0.25) is 5.91 Å². The third kappa shape index (κ3) is 3.91. The van der Waals surface area contributed by atoms with E-state index >= 15 is 0 Å². The van der Waals surface area contributed by atoms with Crippen molar-refractivity contribution in [2.75, 3.05) is 13.2 Å². The highest BCUT2D eigenvalue weighted by Crippen LogP contribution is 2.50. The molecular formula is C19H37ClN2O2. The summed E-state index contributed by atoms with van der Waals surface area (Å²) in [5.74, 6) is 0.674. The van der Waals surface area contributed by atoms with Crippen LogP contribution in [0.3, 0.4) is 0 Å². The molecule has 0 spiro atoms. The van der Waals surface area contributed by atoms with E-state index < -0.39 is 5.54 Å². The van der Waals surface area contributed by atoms with Crippen LogP contribution in [0.4, 0.5) is 0 Å². The average Bonchev–Trinajstić information content (AvgIpc) is 2.92. The van der Waals surface area contributed by atoms with Gasteiger partial charge >= 0.3 is 0 Å². The number of ether oxygens (including phenoxy) is 1. The Kier molecular flexibility index (Phi) is 7.17.